The minimum atomic E-state index is -0.778. The molecule has 0 aliphatic heterocycles. The molecule has 1 atom stereocenters. The van der Waals surface area contributed by atoms with Gasteiger partial charge in [-0.25, -0.2) is 4.99 Å². The Morgan fingerprint density at radius 1 is 1.26 bits per heavy atom. The summed E-state index contributed by atoms with van der Waals surface area (Å²) < 4.78 is 5.14. The van der Waals surface area contributed by atoms with E-state index in [4.69, 9.17) is 10.2 Å². The molecule has 3 rings (SSSR count). The van der Waals surface area contributed by atoms with E-state index < -0.39 is 6.10 Å². The Hall–Kier alpha value is -1.54. The Kier molecular flexibility index (Phi) is 6.47. The highest BCUT2D eigenvalue weighted by atomic mass is 127. The fraction of sp³-hybridized carbons (Fsp3) is 0.353. The van der Waals surface area contributed by atoms with E-state index in [9.17, 15) is 5.11 Å². The van der Waals surface area contributed by atoms with Crippen LogP contribution >= 0.6 is 24.0 Å². The molecular weight excluding hydrogens is 405 g/mol. The molecule has 0 bridgehead atoms. The number of aryl methyl sites for hydroxylation is 1. The number of nitrogens with one attached hydrogen (secondary N) is 1. The SMILES string of the molecule is I.NC(=NCC(O)c1ccco1)Nc1cccc2c1CCCC2. The number of aliphatic hydroxyl groups is 1. The van der Waals surface area contributed by atoms with Crippen LogP contribution in [0.25, 0.3) is 0 Å². The molecule has 0 spiro atoms. The van der Waals surface area contributed by atoms with Crippen LogP contribution in [0.15, 0.2) is 46.0 Å². The van der Waals surface area contributed by atoms with Crippen molar-refractivity contribution in [2.45, 2.75) is 31.8 Å². The van der Waals surface area contributed by atoms with Gasteiger partial charge in [0.05, 0.1) is 12.8 Å². The first-order valence-corrected chi connectivity index (χ1v) is 7.63. The number of hydrogen-bond acceptors (Lipinski definition) is 3. The molecule has 0 amide bonds. The standard InChI is InChI=1S/C17H21N3O2.HI/c18-17(19-11-15(21)16-9-4-10-22-16)20-14-8-3-6-12-5-1-2-7-13(12)14;/h3-4,6,8-10,15,21H,1-2,5,7,11H2,(H3,18,19,20);1H. The van der Waals surface area contributed by atoms with Gasteiger partial charge in [0.25, 0.3) is 0 Å². The number of hydrogen-bond donors (Lipinski definition) is 3. The summed E-state index contributed by atoms with van der Waals surface area (Å²) in [6.07, 6.45) is 5.40. The topological polar surface area (TPSA) is 83.8 Å². The van der Waals surface area contributed by atoms with E-state index >= 15 is 0 Å². The first kappa shape index (κ1) is 17.8. The average molecular weight is 427 g/mol. The second-order valence-corrected chi connectivity index (χ2v) is 5.53. The van der Waals surface area contributed by atoms with Gasteiger partial charge in [-0.2, -0.15) is 0 Å². The van der Waals surface area contributed by atoms with Crippen LogP contribution in [0, 0.1) is 0 Å². The molecular formula is C17H22IN3O2. The number of fused-ring (bicyclic) bond motifs is 1. The van der Waals surface area contributed by atoms with Gasteiger partial charge >= 0.3 is 0 Å². The molecule has 4 N–H and O–H groups in total. The van der Waals surface area contributed by atoms with Gasteiger partial charge in [-0.15, -0.1) is 24.0 Å². The van der Waals surface area contributed by atoms with E-state index in [0.29, 0.717) is 11.7 Å². The molecule has 6 heteroatoms. The molecule has 0 saturated heterocycles. The molecule has 2 aromatic rings. The zero-order valence-corrected chi connectivity index (χ0v) is 15.2. The molecule has 1 heterocycles. The van der Waals surface area contributed by atoms with Gasteiger partial charge in [0.1, 0.15) is 11.9 Å². The maximum Gasteiger partial charge on any atom is 0.193 e. The normalized spacial score (nSPS) is 15.4. The molecule has 0 fully saturated rings. The number of halogens is 1. The Morgan fingerprint density at radius 3 is 2.87 bits per heavy atom. The highest BCUT2D eigenvalue weighted by Crippen LogP contribution is 2.27. The third-order valence-corrected chi connectivity index (χ3v) is 3.96. The molecule has 1 aromatic carbocycles. The first-order chi connectivity index (χ1) is 10.7. The predicted molar refractivity (Wildman–Crippen MR) is 102 cm³/mol. The molecule has 1 unspecified atom stereocenters. The maximum absolute atomic E-state index is 9.93. The van der Waals surface area contributed by atoms with Crippen molar-refractivity contribution >= 4 is 35.6 Å². The smallest absolute Gasteiger partial charge is 0.193 e. The quantitative estimate of drug-likeness (QED) is 0.398. The van der Waals surface area contributed by atoms with Crippen molar-refractivity contribution in [2.24, 2.45) is 10.7 Å². The maximum atomic E-state index is 9.93. The highest BCUT2D eigenvalue weighted by molar-refractivity contribution is 14.0. The number of anilines is 1. The van der Waals surface area contributed by atoms with Gasteiger partial charge in [-0.05, 0) is 55.0 Å². The van der Waals surface area contributed by atoms with E-state index in [1.807, 2.05) is 12.1 Å². The number of rotatable bonds is 4. The van der Waals surface area contributed by atoms with Crippen LogP contribution in [-0.2, 0) is 12.8 Å². The van der Waals surface area contributed by atoms with E-state index in [2.05, 4.69) is 16.4 Å². The van der Waals surface area contributed by atoms with Gasteiger partial charge in [0, 0.05) is 5.69 Å². The summed E-state index contributed by atoms with van der Waals surface area (Å²) in [4.78, 5) is 4.20. The van der Waals surface area contributed by atoms with Gasteiger partial charge in [0.15, 0.2) is 5.96 Å². The number of furan rings is 1. The van der Waals surface area contributed by atoms with Crippen molar-refractivity contribution in [1.82, 2.24) is 0 Å². The van der Waals surface area contributed by atoms with Crippen molar-refractivity contribution in [1.29, 1.82) is 0 Å². The van der Waals surface area contributed by atoms with Crippen LogP contribution in [0.5, 0.6) is 0 Å². The summed E-state index contributed by atoms with van der Waals surface area (Å²) in [5.41, 5.74) is 9.68. The van der Waals surface area contributed by atoms with Gasteiger partial charge in [0.2, 0.25) is 0 Å². The monoisotopic (exact) mass is 427 g/mol. The van der Waals surface area contributed by atoms with Gasteiger partial charge in [-0.1, -0.05) is 12.1 Å². The van der Waals surface area contributed by atoms with Crippen LogP contribution in [0.4, 0.5) is 5.69 Å². The molecule has 124 valence electrons. The molecule has 1 aromatic heterocycles. The summed E-state index contributed by atoms with van der Waals surface area (Å²) in [6, 6.07) is 9.69. The van der Waals surface area contributed by atoms with Crippen molar-refractivity contribution in [3.63, 3.8) is 0 Å². The average Bonchev–Trinajstić information content (AvgIpc) is 3.07. The first-order valence-electron chi connectivity index (χ1n) is 7.63. The summed E-state index contributed by atoms with van der Waals surface area (Å²) in [5.74, 6) is 0.804. The van der Waals surface area contributed by atoms with Crippen molar-refractivity contribution in [3.05, 3.63) is 53.5 Å². The van der Waals surface area contributed by atoms with Crippen molar-refractivity contribution < 1.29 is 9.52 Å². The minimum Gasteiger partial charge on any atom is -0.467 e. The van der Waals surface area contributed by atoms with E-state index in [-0.39, 0.29) is 30.5 Å². The van der Waals surface area contributed by atoms with Crippen molar-refractivity contribution in [2.75, 3.05) is 11.9 Å². The Labute approximate surface area is 153 Å². The number of aliphatic hydroxyl groups excluding tert-OH is 1. The fourth-order valence-electron chi connectivity index (χ4n) is 2.83. The minimum absolute atomic E-state index is 0. The molecule has 0 radical (unpaired) electrons. The summed E-state index contributed by atoms with van der Waals surface area (Å²) in [6.45, 7) is 0.168. The molecule has 0 saturated carbocycles. The second-order valence-electron chi connectivity index (χ2n) is 5.53. The molecule has 23 heavy (non-hydrogen) atoms. The largest absolute Gasteiger partial charge is 0.467 e. The lowest BCUT2D eigenvalue weighted by atomic mass is 9.90. The lowest BCUT2D eigenvalue weighted by Crippen LogP contribution is -2.25. The lowest BCUT2D eigenvalue weighted by molar-refractivity contribution is 0.158. The Bertz CT molecular complexity index is 656. The van der Waals surface area contributed by atoms with Crippen LogP contribution < -0.4 is 11.1 Å². The van der Waals surface area contributed by atoms with E-state index in [0.717, 1.165) is 18.5 Å². The predicted octanol–water partition coefficient (Wildman–Crippen LogP) is 3.24. The van der Waals surface area contributed by atoms with Crippen LogP contribution in [0.2, 0.25) is 0 Å². The zero-order chi connectivity index (χ0) is 15.4. The fourth-order valence-corrected chi connectivity index (χ4v) is 2.83. The zero-order valence-electron chi connectivity index (χ0n) is 12.9. The lowest BCUT2D eigenvalue weighted by Gasteiger charge is -2.19. The van der Waals surface area contributed by atoms with Crippen LogP contribution in [0.1, 0.15) is 35.8 Å². The van der Waals surface area contributed by atoms with Gasteiger partial charge < -0.3 is 20.6 Å². The summed E-state index contributed by atoms with van der Waals surface area (Å²) >= 11 is 0. The highest BCUT2D eigenvalue weighted by Gasteiger charge is 2.13. The summed E-state index contributed by atoms with van der Waals surface area (Å²) in [7, 11) is 0. The van der Waals surface area contributed by atoms with Crippen LogP contribution in [-0.4, -0.2) is 17.6 Å². The second kappa shape index (κ2) is 8.35. The van der Waals surface area contributed by atoms with Gasteiger partial charge in [-0.3, -0.25) is 0 Å². The Balaban J connectivity index is 0.00000192. The number of nitrogens with two attached hydrogens (primary N) is 1. The van der Waals surface area contributed by atoms with Crippen LogP contribution in [0.3, 0.4) is 0 Å². The molecule has 5 nitrogen and oxygen atoms in total. The molecule has 1 aliphatic rings. The van der Waals surface area contributed by atoms with E-state index in [1.54, 1.807) is 12.1 Å². The summed E-state index contributed by atoms with van der Waals surface area (Å²) in [5, 5.41) is 13.1. The number of nitrogens with zero attached hydrogens (tertiary/aromatic N) is 1. The number of benzene rings is 1. The number of guanidine groups is 1. The number of aliphatic imine (C=N–C) groups is 1. The van der Waals surface area contributed by atoms with E-state index in [1.165, 1.54) is 30.2 Å². The molecule has 1 aliphatic carbocycles. The third-order valence-electron chi connectivity index (χ3n) is 3.96. The Morgan fingerprint density at radius 2 is 2.09 bits per heavy atom. The van der Waals surface area contributed by atoms with Crippen molar-refractivity contribution in [3.8, 4) is 0 Å². The third kappa shape index (κ3) is 4.48.